The molecule has 3 rings (SSSR count). The molecule has 0 spiro atoms. The summed E-state index contributed by atoms with van der Waals surface area (Å²) in [7, 11) is 0. The maximum Gasteiger partial charge on any atom is 0.277 e. The van der Waals surface area contributed by atoms with Crippen LogP contribution in [-0.2, 0) is 4.79 Å². The number of hydrogen-bond acceptors (Lipinski definition) is 6. The molecule has 134 valence electrons. The van der Waals surface area contributed by atoms with Crippen LogP contribution in [0, 0.1) is 0 Å². The predicted molar refractivity (Wildman–Crippen MR) is 101 cm³/mol. The molecule has 2 aromatic carbocycles. The van der Waals surface area contributed by atoms with Crippen molar-refractivity contribution >= 4 is 23.4 Å². The number of thioether (sulfide) groups is 1. The van der Waals surface area contributed by atoms with Gasteiger partial charge in [0.1, 0.15) is 5.75 Å². The molecule has 1 N–H and O–H groups in total. The van der Waals surface area contributed by atoms with Gasteiger partial charge in [-0.15, -0.1) is 10.2 Å². The Morgan fingerprint density at radius 1 is 1.15 bits per heavy atom. The number of nitrogens with one attached hydrogen (secondary N) is 1. The lowest BCUT2D eigenvalue weighted by Crippen LogP contribution is -2.22. The first-order chi connectivity index (χ1) is 12.7. The van der Waals surface area contributed by atoms with Crippen LogP contribution in [-0.4, -0.2) is 28.0 Å². The summed E-state index contributed by atoms with van der Waals surface area (Å²) < 4.78 is 11.0. The minimum absolute atomic E-state index is 0.140. The number of benzene rings is 2. The Morgan fingerprint density at radius 2 is 1.88 bits per heavy atom. The molecule has 0 radical (unpaired) electrons. The van der Waals surface area contributed by atoms with Crippen LogP contribution in [0.4, 0.5) is 5.69 Å². The van der Waals surface area contributed by atoms with Gasteiger partial charge in [0.2, 0.25) is 11.8 Å². The predicted octanol–water partition coefficient (Wildman–Crippen LogP) is 4.25. The first-order valence-corrected chi connectivity index (χ1v) is 9.13. The van der Waals surface area contributed by atoms with E-state index in [1.54, 1.807) is 19.1 Å². The molecule has 0 saturated carbocycles. The second-order valence-electron chi connectivity index (χ2n) is 5.45. The molecular weight excluding hydrogens is 350 g/mol. The SMILES string of the molecule is CCOc1ccc(NC(=O)C(C)Sc2nnc(-c3ccccc3)o2)cc1. The lowest BCUT2D eigenvalue weighted by atomic mass is 10.2. The highest BCUT2D eigenvalue weighted by atomic mass is 32.2. The van der Waals surface area contributed by atoms with Gasteiger partial charge < -0.3 is 14.5 Å². The average Bonchev–Trinajstić information content (AvgIpc) is 3.13. The molecule has 0 aliphatic rings. The van der Waals surface area contributed by atoms with Crippen LogP contribution in [0.2, 0.25) is 0 Å². The third-order valence-corrected chi connectivity index (χ3v) is 4.44. The van der Waals surface area contributed by atoms with Gasteiger partial charge in [0.25, 0.3) is 5.22 Å². The van der Waals surface area contributed by atoms with Gasteiger partial charge in [0.15, 0.2) is 0 Å². The van der Waals surface area contributed by atoms with Crippen molar-refractivity contribution in [3.63, 3.8) is 0 Å². The Morgan fingerprint density at radius 3 is 2.58 bits per heavy atom. The summed E-state index contributed by atoms with van der Waals surface area (Å²) in [4.78, 5) is 12.4. The summed E-state index contributed by atoms with van der Waals surface area (Å²) in [6.07, 6.45) is 0. The van der Waals surface area contributed by atoms with E-state index in [1.807, 2.05) is 49.4 Å². The van der Waals surface area contributed by atoms with E-state index < -0.39 is 0 Å². The van der Waals surface area contributed by atoms with Crippen molar-refractivity contribution in [1.29, 1.82) is 0 Å². The normalized spacial score (nSPS) is 11.8. The zero-order chi connectivity index (χ0) is 18.4. The van der Waals surface area contributed by atoms with Gasteiger partial charge >= 0.3 is 0 Å². The van der Waals surface area contributed by atoms with Gasteiger partial charge in [-0.25, -0.2) is 0 Å². The molecule has 0 saturated heterocycles. The van der Waals surface area contributed by atoms with Crippen LogP contribution in [0.3, 0.4) is 0 Å². The number of rotatable bonds is 7. The van der Waals surface area contributed by atoms with E-state index in [0.717, 1.165) is 11.3 Å². The zero-order valence-corrected chi connectivity index (χ0v) is 15.3. The van der Waals surface area contributed by atoms with Crippen LogP contribution in [0.1, 0.15) is 13.8 Å². The number of carbonyl (C=O) groups excluding carboxylic acids is 1. The summed E-state index contributed by atoms with van der Waals surface area (Å²) in [5.74, 6) is 1.07. The lowest BCUT2D eigenvalue weighted by Gasteiger charge is -2.10. The first kappa shape index (κ1) is 18.0. The molecule has 1 heterocycles. The Kier molecular flexibility index (Phi) is 5.91. The van der Waals surface area contributed by atoms with Gasteiger partial charge in [-0.1, -0.05) is 30.0 Å². The van der Waals surface area contributed by atoms with Gasteiger partial charge in [0, 0.05) is 11.3 Å². The molecule has 1 amide bonds. The smallest absolute Gasteiger partial charge is 0.277 e. The summed E-state index contributed by atoms with van der Waals surface area (Å²) in [5, 5.41) is 10.9. The topological polar surface area (TPSA) is 77.2 Å². The number of carbonyl (C=O) groups is 1. The number of hydrogen-bond donors (Lipinski definition) is 1. The van der Waals surface area contributed by atoms with Crippen molar-refractivity contribution in [2.24, 2.45) is 0 Å². The molecule has 6 nitrogen and oxygen atoms in total. The molecule has 0 aliphatic carbocycles. The van der Waals surface area contributed by atoms with E-state index in [4.69, 9.17) is 9.15 Å². The van der Waals surface area contributed by atoms with Crippen molar-refractivity contribution in [2.75, 3.05) is 11.9 Å². The number of nitrogens with zero attached hydrogens (tertiary/aromatic N) is 2. The monoisotopic (exact) mass is 369 g/mol. The minimum Gasteiger partial charge on any atom is -0.494 e. The van der Waals surface area contributed by atoms with E-state index in [-0.39, 0.29) is 11.2 Å². The number of ether oxygens (including phenoxy) is 1. The molecule has 7 heteroatoms. The maximum atomic E-state index is 12.4. The maximum absolute atomic E-state index is 12.4. The van der Waals surface area contributed by atoms with Crippen LogP contribution in [0.15, 0.2) is 64.2 Å². The van der Waals surface area contributed by atoms with Gasteiger partial charge in [-0.2, -0.15) is 0 Å². The fourth-order valence-corrected chi connectivity index (χ4v) is 2.89. The molecule has 0 aliphatic heterocycles. The fourth-order valence-electron chi connectivity index (χ4n) is 2.20. The average molecular weight is 369 g/mol. The zero-order valence-electron chi connectivity index (χ0n) is 14.5. The van der Waals surface area contributed by atoms with E-state index in [2.05, 4.69) is 15.5 Å². The highest BCUT2D eigenvalue weighted by molar-refractivity contribution is 8.00. The number of amides is 1. The molecule has 1 aromatic heterocycles. The van der Waals surface area contributed by atoms with Crippen molar-refractivity contribution in [2.45, 2.75) is 24.3 Å². The third-order valence-electron chi connectivity index (χ3n) is 3.51. The molecule has 1 atom stereocenters. The largest absolute Gasteiger partial charge is 0.494 e. The van der Waals surface area contributed by atoms with Crippen LogP contribution >= 0.6 is 11.8 Å². The Bertz CT molecular complexity index is 850. The van der Waals surface area contributed by atoms with Crippen LogP contribution in [0.25, 0.3) is 11.5 Å². The standard InChI is InChI=1S/C19H19N3O3S/c1-3-24-16-11-9-15(10-12-16)20-17(23)13(2)26-19-22-21-18(25-19)14-7-5-4-6-8-14/h4-13H,3H2,1-2H3,(H,20,23). The highest BCUT2D eigenvalue weighted by Crippen LogP contribution is 2.26. The summed E-state index contributed by atoms with van der Waals surface area (Å²) in [6, 6.07) is 16.8. The summed E-state index contributed by atoms with van der Waals surface area (Å²) >= 11 is 1.22. The third kappa shape index (κ3) is 4.64. The quantitative estimate of drug-likeness (QED) is 0.627. The lowest BCUT2D eigenvalue weighted by molar-refractivity contribution is -0.115. The first-order valence-electron chi connectivity index (χ1n) is 8.25. The molecule has 0 bridgehead atoms. The summed E-state index contributed by atoms with van der Waals surface area (Å²) in [6.45, 7) is 4.32. The summed E-state index contributed by atoms with van der Waals surface area (Å²) in [5.41, 5.74) is 1.56. The van der Waals surface area contributed by atoms with Gasteiger partial charge in [-0.3, -0.25) is 4.79 Å². The minimum atomic E-state index is -0.384. The molecular formula is C19H19N3O3S. The Labute approximate surface area is 156 Å². The van der Waals surface area contributed by atoms with E-state index in [9.17, 15) is 4.79 Å². The molecule has 0 fully saturated rings. The highest BCUT2D eigenvalue weighted by Gasteiger charge is 2.19. The van der Waals surface area contributed by atoms with Crippen molar-refractivity contribution in [3.8, 4) is 17.2 Å². The van der Waals surface area contributed by atoms with Crippen molar-refractivity contribution in [3.05, 3.63) is 54.6 Å². The second-order valence-corrected chi connectivity index (χ2v) is 6.74. The fraction of sp³-hybridized carbons (Fsp3) is 0.211. The second kappa shape index (κ2) is 8.53. The number of anilines is 1. The Balaban J connectivity index is 1.58. The van der Waals surface area contributed by atoms with E-state index in [0.29, 0.717) is 23.4 Å². The van der Waals surface area contributed by atoms with Gasteiger partial charge in [0.05, 0.1) is 11.9 Å². The molecule has 1 unspecified atom stereocenters. The van der Waals surface area contributed by atoms with Crippen LogP contribution in [0.5, 0.6) is 5.75 Å². The van der Waals surface area contributed by atoms with Gasteiger partial charge in [-0.05, 0) is 50.2 Å². The van der Waals surface area contributed by atoms with Crippen molar-refractivity contribution < 1.29 is 13.9 Å². The molecule has 26 heavy (non-hydrogen) atoms. The number of aromatic nitrogens is 2. The van der Waals surface area contributed by atoms with Crippen molar-refractivity contribution in [1.82, 2.24) is 10.2 Å². The van der Waals surface area contributed by atoms with E-state index >= 15 is 0 Å². The van der Waals surface area contributed by atoms with E-state index in [1.165, 1.54) is 11.8 Å². The molecule has 3 aromatic rings. The van der Waals surface area contributed by atoms with Crippen LogP contribution < -0.4 is 10.1 Å². The Hall–Kier alpha value is -2.80.